The van der Waals surface area contributed by atoms with E-state index in [0.717, 1.165) is 34.7 Å². The smallest absolute Gasteiger partial charge is 0.263 e. The van der Waals surface area contributed by atoms with E-state index < -0.39 is 0 Å². The molecule has 0 fully saturated rings. The Morgan fingerprint density at radius 2 is 2.00 bits per heavy atom. The molecule has 0 bridgehead atoms. The van der Waals surface area contributed by atoms with Gasteiger partial charge in [-0.25, -0.2) is 4.98 Å². The maximum absolute atomic E-state index is 5.75. The molecule has 0 aliphatic heterocycles. The van der Waals surface area contributed by atoms with Gasteiger partial charge in [-0.2, -0.15) is 0 Å². The van der Waals surface area contributed by atoms with E-state index in [1.54, 1.807) is 19.6 Å². The summed E-state index contributed by atoms with van der Waals surface area (Å²) in [6.45, 7) is 3.35. The number of rotatable bonds is 6. The number of ether oxygens (including phenoxy) is 1. The van der Waals surface area contributed by atoms with Gasteiger partial charge in [0.05, 0.1) is 19.1 Å². The van der Waals surface area contributed by atoms with Crippen molar-refractivity contribution in [3.63, 3.8) is 0 Å². The van der Waals surface area contributed by atoms with E-state index in [9.17, 15) is 0 Å². The van der Waals surface area contributed by atoms with Gasteiger partial charge in [0, 0.05) is 24.7 Å². The van der Waals surface area contributed by atoms with Crippen molar-refractivity contribution in [2.75, 3.05) is 14.2 Å². The van der Waals surface area contributed by atoms with Gasteiger partial charge in [0.1, 0.15) is 17.0 Å². The molecular weight excluding hydrogens is 342 g/mol. The highest BCUT2D eigenvalue weighted by molar-refractivity contribution is 5.87. The maximum Gasteiger partial charge on any atom is 0.263 e. The summed E-state index contributed by atoms with van der Waals surface area (Å²) in [4.78, 5) is 11.3. The number of fused-ring (bicyclic) bond motifs is 1. The van der Waals surface area contributed by atoms with Crippen LogP contribution in [0.15, 0.2) is 57.7 Å². The van der Waals surface area contributed by atoms with Crippen LogP contribution in [-0.4, -0.2) is 29.0 Å². The van der Waals surface area contributed by atoms with Crippen molar-refractivity contribution in [3.05, 3.63) is 65.9 Å². The average Bonchev–Trinajstić information content (AvgIpc) is 3.32. The van der Waals surface area contributed by atoms with E-state index in [-0.39, 0.29) is 0 Å². The van der Waals surface area contributed by atoms with Gasteiger partial charge in [-0.3, -0.25) is 9.88 Å². The molecule has 0 unspecified atom stereocenters. The fourth-order valence-corrected chi connectivity index (χ4v) is 3.19. The van der Waals surface area contributed by atoms with Gasteiger partial charge < -0.3 is 13.6 Å². The third kappa shape index (κ3) is 3.44. The quantitative estimate of drug-likeness (QED) is 0.505. The number of methoxy groups -OCH3 is 1. The molecule has 1 aromatic carbocycles. The minimum Gasteiger partial charge on any atom is -0.494 e. The van der Waals surface area contributed by atoms with Gasteiger partial charge in [0.2, 0.25) is 0 Å². The van der Waals surface area contributed by atoms with Crippen LogP contribution in [0.2, 0.25) is 0 Å². The maximum atomic E-state index is 5.75. The lowest BCUT2D eigenvalue weighted by Gasteiger charge is -2.17. The van der Waals surface area contributed by atoms with E-state index in [0.29, 0.717) is 18.2 Å². The lowest BCUT2D eigenvalue weighted by atomic mass is 10.1. The number of nitrogens with zero attached hydrogens (tertiary/aromatic N) is 3. The number of furan rings is 1. The molecule has 0 saturated heterocycles. The fourth-order valence-electron chi connectivity index (χ4n) is 3.19. The molecule has 0 aliphatic carbocycles. The van der Waals surface area contributed by atoms with E-state index in [1.807, 2.05) is 31.2 Å². The minimum absolute atomic E-state index is 0.514. The first-order valence-corrected chi connectivity index (χ1v) is 8.75. The molecule has 0 aliphatic rings. The number of hydrogen-bond donors (Lipinski definition) is 0. The molecule has 138 valence electrons. The van der Waals surface area contributed by atoms with Crippen LogP contribution in [0, 0.1) is 6.92 Å². The molecule has 0 spiro atoms. The summed E-state index contributed by atoms with van der Waals surface area (Å²) < 4.78 is 16.6. The molecule has 0 N–H and O–H groups in total. The van der Waals surface area contributed by atoms with E-state index in [1.165, 1.54) is 5.56 Å². The van der Waals surface area contributed by atoms with Gasteiger partial charge in [-0.15, -0.1) is 0 Å². The lowest BCUT2D eigenvalue weighted by Crippen LogP contribution is -2.18. The molecule has 4 rings (SSSR count). The summed E-state index contributed by atoms with van der Waals surface area (Å²) in [5, 5.41) is 1.09. The van der Waals surface area contributed by atoms with Crippen molar-refractivity contribution >= 4 is 10.9 Å². The number of aromatic nitrogens is 2. The predicted octanol–water partition coefficient (Wildman–Crippen LogP) is 4.43. The first kappa shape index (κ1) is 17.3. The zero-order chi connectivity index (χ0) is 18.8. The van der Waals surface area contributed by atoms with Gasteiger partial charge in [-0.05, 0) is 43.8 Å². The molecule has 6 nitrogen and oxygen atoms in total. The largest absolute Gasteiger partial charge is 0.494 e. The van der Waals surface area contributed by atoms with E-state index >= 15 is 0 Å². The van der Waals surface area contributed by atoms with E-state index in [4.69, 9.17) is 13.6 Å². The average molecular weight is 363 g/mol. The molecule has 0 amide bonds. The molecule has 27 heavy (non-hydrogen) atoms. The molecule has 3 aromatic heterocycles. The number of benzene rings is 1. The van der Waals surface area contributed by atoms with Crippen molar-refractivity contribution in [1.82, 2.24) is 14.9 Å². The Balaban J connectivity index is 1.55. The Morgan fingerprint density at radius 3 is 2.78 bits per heavy atom. The Labute approximate surface area is 157 Å². The second kappa shape index (κ2) is 7.25. The summed E-state index contributed by atoms with van der Waals surface area (Å²) in [7, 11) is 3.73. The summed E-state index contributed by atoms with van der Waals surface area (Å²) in [5.41, 5.74) is 2.97. The van der Waals surface area contributed by atoms with Gasteiger partial charge in [0.15, 0.2) is 5.76 Å². The Hall–Kier alpha value is -3.12. The van der Waals surface area contributed by atoms with E-state index in [2.05, 4.69) is 34.0 Å². The van der Waals surface area contributed by atoms with Gasteiger partial charge in [-0.1, -0.05) is 12.1 Å². The Morgan fingerprint density at radius 1 is 1.11 bits per heavy atom. The fraction of sp³-hybridized carbons (Fsp3) is 0.238. The molecule has 0 radical (unpaired) electrons. The Kier molecular flexibility index (Phi) is 4.64. The molecule has 0 saturated carbocycles. The molecule has 0 atom stereocenters. The third-order valence-electron chi connectivity index (χ3n) is 4.53. The van der Waals surface area contributed by atoms with Crippen molar-refractivity contribution in [3.8, 4) is 17.4 Å². The van der Waals surface area contributed by atoms with Crippen LogP contribution in [0.3, 0.4) is 0 Å². The van der Waals surface area contributed by atoms with Crippen LogP contribution < -0.4 is 4.74 Å². The number of hydrogen-bond acceptors (Lipinski definition) is 6. The number of oxazole rings is 1. The van der Waals surface area contributed by atoms with Crippen LogP contribution in [0.1, 0.15) is 17.0 Å². The lowest BCUT2D eigenvalue weighted by molar-refractivity contribution is 0.314. The third-order valence-corrected chi connectivity index (χ3v) is 4.53. The van der Waals surface area contributed by atoms with Crippen molar-refractivity contribution in [2.24, 2.45) is 0 Å². The molecule has 6 heteroatoms. The van der Waals surface area contributed by atoms with Crippen LogP contribution in [-0.2, 0) is 13.1 Å². The molecule has 3 heterocycles. The normalized spacial score (nSPS) is 11.4. The second-order valence-electron chi connectivity index (χ2n) is 6.50. The highest BCUT2D eigenvalue weighted by atomic mass is 16.5. The Bertz CT molecular complexity index is 1050. The summed E-state index contributed by atoms with van der Waals surface area (Å²) in [6, 6.07) is 11.7. The molecule has 4 aromatic rings. The molecular formula is C21H21N3O3. The van der Waals surface area contributed by atoms with Gasteiger partial charge in [0.25, 0.3) is 5.89 Å². The zero-order valence-corrected chi connectivity index (χ0v) is 15.6. The van der Waals surface area contributed by atoms with Crippen molar-refractivity contribution < 1.29 is 13.6 Å². The first-order chi connectivity index (χ1) is 13.2. The topological polar surface area (TPSA) is 64.5 Å². The standard InChI is InChI=1S/C21H21N3O3/c1-14-17(23-21(27-14)19-7-5-11-26-19)13-24(2)12-15-8-9-18(25-3)20-16(15)6-4-10-22-20/h4-11H,12-13H2,1-3H3. The summed E-state index contributed by atoms with van der Waals surface area (Å²) >= 11 is 0. The van der Waals surface area contributed by atoms with Crippen LogP contribution in [0.4, 0.5) is 0 Å². The van der Waals surface area contributed by atoms with Crippen molar-refractivity contribution in [1.29, 1.82) is 0 Å². The van der Waals surface area contributed by atoms with Crippen LogP contribution in [0.5, 0.6) is 5.75 Å². The first-order valence-electron chi connectivity index (χ1n) is 8.75. The zero-order valence-electron chi connectivity index (χ0n) is 15.6. The van der Waals surface area contributed by atoms with Crippen molar-refractivity contribution in [2.45, 2.75) is 20.0 Å². The predicted molar refractivity (Wildman–Crippen MR) is 102 cm³/mol. The monoisotopic (exact) mass is 363 g/mol. The second-order valence-corrected chi connectivity index (χ2v) is 6.50. The van der Waals surface area contributed by atoms with Gasteiger partial charge >= 0.3 is 0 Å². The summed E-state index contributed by atoms with van der Waals surface area (Å²) in [6.07, 6.45) is 3.40. The highest BCUT2D eigenvalue weighted by Gasteiger charge is 2.16. The number of pyridine rings is 1. The number of aryl methyl sites for hydroxylation is 1. The minimum atomic E-state index is 0.514. The summed E-state index contributed by atoms with van der Waals surface area (Å²) in [5.74, 6) is 2.74. The highest BCUT2D eigenvalue weighted by Crippen LogP contribution is 2.28. The van der Waals surface area contributed by atoms with Crippen LogP contribution >= 0.6 is 0 Å². The van der Waals surface area contributed by atoms with Crippen LogP contribution in [0.25, 0.3) is 22.6 Å². The SMILES string of the molecule is COc1ccc(CN(C)Cc2nc(-c3ccco3)oc2C)c2cccnc12.